The van der Waals surface area contributed by atoms with E-state index in [-0.39, 0.29) is 18.4 Å². The molecule has 3 aromatic rings. The Morgan fingerprint density at radius 3 is 2.50 bits per heavy atom. The zero-order valence-electron chi connectivity index (χ0n) is 16.0. The van der Waals surface area contributed by atoms with E-state index < -0.39 is 0 Å². The Labute approximate surface area is 167 Å². The molecule has 0 aliphatic heterocycles. The van der Waals surface area contributed by atoms with Crippen molar-refractivity contribution in [1.29, 1.82) is 0 Å². The standard InChI is InChI=1S/C22H20N2O3S/c1-5-9-24-18-8-7-16(21(26)27-6-2)13-19(18)28-22(24)23-20(25)17-11-14(3)10-15(4)12-17/h1,7-8,10-13H,6,9H2,2-4H3. The van der Waals surface area contributed by atoms with Gasteiger partial charge in [0.05, 0.1) is 28.9 Å². The molecule has 0 bridgehead atoms. The molecule has 0 saturated heterocycles. The first-order valence-corrected chi connectivity index (χ1v) is 9.66. The van der Waals surface area contributed by atoms with E-state index in [0.717, 1.165) is 21.3 Å². The summed E-state index contributed by atoms with van der Waals surface area (Å²) in [7, 11) is 0. The summed E-state index contributed by atoms with van der Waals surface area (Å²) < 4.78 is 7.67. The van der Waals surface area contributed by atoms with Gasteiger partial charge in [-0.3, -0.25) is 4.79 Å². The number of thiazole rings is 1. The second kappa shape index (κ2) is 8.24. The third-order valence-electron chi connectivity index (χ3n) is 4.11. The van der Waals surface area contributed by atoms with E-state index in [1.54, 1.807) is 29.7 Å². The van der Waals surface area contributed by atoms with Crippen molar-refractivity contribution in [3.63, 3.8) is 0 Å². The Hall–Kier alpha value is -3.17. The average molecular weight is 392 g/mol. The number of rotatable bonds is 4. The van der Waals surface area contributed by atoms with E-state index in [1.165, 1.54) is 11.3 Å². The predicted octanol–water partition coefficient (Wildman–Crippen LogP) is 3.87. The highest BCUT2D eigenvalue weighted by molar-refractivity contribution is 7.16. The van der Waals surface area contributed by atoms with E-state index in [4.69, 9.17) is 11.2 Å². The number of terminal acetylenes is 1. The molecule has 0 radical (unpaired) electrons. The molecule has 2 aromatic carbocycles. The molecular weight excluding hydrogens is 372 g/mol. The molecule has 0 unspecified atom stereocenters. The molecule has 1 amide bonds. The number of esters is 1. The first kappa shape index (κ1) is 19.6. The van der Waals surface area contributed by atoms with Crippen LogP contribution in [0.15, 0.2) is 41.4 Å². The molecule has 0 fully saturated rings. The summed E-state index contributed by atoms with van der Waals surface area (Å²) in [4.78, 5) is 29.5. The maximum Gasteiger partial charge on any atom is 0.338 e. The van der Waals surface area contributed by atoms with Gasteiger partial charge < -0.3 is 9.30 Å². The minimum absolute atomic E-state index is 0.276. The summed E-state index contributed by atoms with van der Waals surface area (Å²) >= 11 is 1.32. The van der Waals surface area contributed by atoms with Crippen LogP contribution in [-0.4, -0.2) is 23.1 Å². The first-order valence-electron chi connectivity index (χ1n) is 8.84. The molecule has 1 heterocycles. The third-order valence-corrected chi connectivity index (χ3v) is 5.15. The Bertz CT molecular complexity index is 1160. The molecule has 0 N–H and O–H groups in total. The zero-order chi connectivity index (χ0) is 20.3. The number of ether oxygens (including phenoxy) is 1. The van der Waals surface area contributed by atoms with Gasteiger partial charge in [0.2, 0.25) is 0 Å². The number of carbonyl (C=O) groups is 2. The maximum absolute atomic E-state index is 12.7. The van der Waals surface area contributed by atoms with Crippen LogP contribution in [0.3, 0.4) is 0 Å². The van der Waals surface area contributed by atoms with Gasteiger partial charge in [-0.05, 0) is 51.1 Å². The van der Waals surface area contributed by atoms with Crippen LogP contribution in [0.4, 0.5) is 0 Å². The van der Waals surface area contributed by atoms with Crippen molar-refractivity contribution >= 4 is 33.4 Å². The highest BCUT2D eigenvalue weighted by Crippen LogP contribution is 2.20. The van der Waals surface area contributed by atoms with Crippen molar-refractivity contribution in [2.75, 3.05) is 6.61 Å². The fraction of sp³-hybridized carbons (Fsp3) is 0.227. The second-order valence-electron chi connectivity index (χ2n) is 6.37. The van der Waals surface area contributed by atoms with Crippen LogP contribution in [-0.2, 0) is 11.3 Å². The third kappa shape index (κ3) is 4.05. The minimum atomic E-state index is -0.383. The fourth-order valence-electron chi connectivity index (χ4n) is 2.99. The van der Waals surface area contributed by atoms with Gasteiger partial charge in [0.1, 0.15) is 0 Å². The normalized spacial score (nSPS) is 11.4. The van der Waals surface area contributed by atoms with E-state index >= 15 is 0 Å². The Kier molecular flexibility index (Phi) is 5.76. The molecule has 0 spiro atoms. The van der Waals surface area contributed by atoms with Crippen molar-refractivity contribution in [2.45, 2.75) is 27.3 Å². The van der Waals surface area contributed by atoms with E-state index in [9.17, 15) is 9.59 Å². The van der Waals surface area contributed by atoms with Gasteiger partial charge in [-0.2, -0.15) is 4.99 Å². The van der Waals surface area contributed by atoms with Gasteiger partial charge in [0.15, 0.2) is 4.80 Å². The maximum atomic E-state index is 12.7. The Morgan fingerprint density at radius 1 is 1.14 bits per heavy atom. The van der Waals surface area contributed by atoms with Crippen molar-refractivity contribution in [2.24, 2.45) is 4.99 Å². The molecule has 0 aliphatic rings. The summed E-state index contributed by atoms with van der Waals surface area (Å²) in [5.74, 6) is 1.89. The lowest BCUT2D eigenvalue weighted by atomic mass is 10.1. The predicted molar refractivity (Wildman–Crippen MR) is 110 cm³/mol. The number of fused-ring (bicyclic) bond motifs is 1. The SMILES string of the molecule is C#CCn1c(=NC(=O)c2cc(C)cc(C)c2)sc2cc(C(=O)OCC)ccc21. The lowest BCUT2D eigenvalue weighted by Gasteiger charge is -2.03. The van der Waals surface area contributed by atoms with Crippen molar-refractivity contribution in [1.82, 2.24) is 4.57 Å². The number of aromatic nitrogens is 1. The molecule has 142 valence electrons. The quantitative estimate of drug-likeness (QED) is 0.500. The molecule has 3 rings (SSSR count). The van der Waals surface area contributed by atoms with Crippen LogP contribution in [0.1, 0.15) is 38.8 Å². The molecule has 0 saturated carbocycles. The van der Waals surface area contributed by atoms with Crippen LogP contribution >= 0.6 is 11.3 Å². The molecular formula is C22H20N2O3S. The van der Waals surface area contributed by atoms with E-state index in [0.29, 0.717) is 22.5 Å². The number of benzene rings is 2. The molecule has 1 aromatic heterocycles. The van der Waals surface area contributed by atoms with Crippen molar-refractivity contribution in [3.8, 4) is 12.3 Å². The largest absolute Gasteiger partial charge is 0.462 e. The van der Waals surface area contributed by atoms with Gasteiger partial charge in [0, 0.05) is 5.56 Å². The number of carbonyl (C=O) groups excluding carboxylic acids is 2. The van der Waals surface area contributed by atoms with Crippen LogP contribution in [0.25, 0.3) is 10.2 Å². The molecule has 0 aliphatic carbocycles. The summed E-state index contributed by atoms with van der Waals surface area (Å²) in [6, 6.07) is 10.9. The highest BCUT2D eigenvalue weighted by atomic mass is 32.1. The summed E-state index contributed by atoms with van der Waals surface area (Å²) in [6.45, 7) is 6.23. The van der Waals surface area contributed by atoms with Gasteiger partial charge in [-0.15, -0.1) is 6.42 Å². The topological polar surface area (TPSA) is 60.7 Å². The van der Waals surface area contributed by atoms with Crippen molar-refractivity contribution in [3.05, 3.63) is 63.5 Å². The highest BCUT2D eigenvalue weighted by Gasteiger charge is 2.13. The number of nitrogens with zero attached hydrogens (tertiary/aromatic N) is 2. The van der Waals surface area contributed by atoms with Crippen LogP contribution in [0, 0.1) is 26.2 Å². The van der Waals surface area contributed by atoms with Crippen LogP contribution < -0.4 is 4.80 Å². The zero-order valence-corrected chi connectivity index (χ0v) is 16.8. The summed E-state index contributed by atoms with van der Waals surface area (Å²) in [5, 5.41) is 0. The number of hydrogen-bond acceptors (Lipinski definition) is 4. The first-order chi connectivity index (χ1) is 13.4. The lowest BCUT2D eigenvalue weighted by Crippen LogP contribution is -2.16. The number of aryl methyl sites for hydroxylation is 2. The Balaban J connectivity index is 2.12. The molecule has 5 nitrogen and oxygen atoms in total. The van der Waals surface area contributed by atoms with Crippen LogP contribution in [0.2, 0.25) is 0 Å². The smallest absolute Gasteiger partial charge is 0.338 e. The van der Waals surface area contributed by atoms with Gasteiger partial charge in [-0.25, -0.2) is 4.79 Å². The van der Waals surface area contributed by atoms with E-state index in [1.807, 2.05) is 32.0 Å². The van der Waals surface area contributed by atoms with Crippen molar-refractivity contribution < 1.29 is 14.3 Å². The molecule has 28 heavy (non-hydrogen) atoms. The minimum Gasteiger partial charge on any atom is -0.462 e. The summed E-state index contributed by atoms with van der Waals surface area (Å²) in [5.41, 5.74) is 3.82. The number of amides is 1. The molecule has 0 atom stereocenters. The van der Waals surface area contributed by atoms with Gasteiger partial charge in [-0.1, -0.05) is 34.5 Å². The average Bonchev–Trinajstić information content (AvgIpc) is 2.98. The fourth-order valence-corrected chi connectivity index (χ4v) is 4.06. The Morgan fingerprint density at radius 2 is 1.86 bits per heavy atom. The van der Waals surface area contributed by atoms with E-state index in [2.05, 4.69) is 10.9 Å². The lowest BCUT2D eigenvalue weighted by molar-refractivity contribution is 0.0526. The number of hydrogen-bond donors (Lipinski definition) is 0. The van der Waals surface area contributed by atoms with Gasteiger partial charge >= 0.3 is 5.97 Å². The van der Waals surface area contributed by atoms with Crippen LogP contribution in [0.5, 0.6) is 0 Å². The molecule has 6 heteroatoms. The van der Waals surface area contributed by atoms with Gasteiger partial charge in [0.25, 0.3) is 5.91 Å². The second-order valence-corrected chi connectivity index (χ2v) is 7.38. The summed E-state index contributed by atoms with van der Waals surface area (Å²) in [6.07, 6.45) is 5.51. The monoisotopic (exact) mass is 392 g/mol.